The minimum absolute atomic E-state index is 0.0108. The molecule has 1 heterocycles. The third kappa shape index (κ3) is 5.29. The van der Waals surface area contributed by atoms with Gasteiger partial charge in [-0.15, -0.1) is 0 Å². The second-order valence-corrected chi connectivity index (χ2v) is 10.1. The molecule has 1 aliphatic rings. The van der Waals surface area contributed by atoms with Crippen molar-refractivity contribution in [3.05, 3.63) is 70.8 Å². The van der Waals surface area contributed by atoms with Gasteiger partial charge in [0.25, 0.3) is 11.7 Å². The number of rotatable bonds is 7. The lowest BCUT2D eigenvalue weighted by molar-refractivity contribution is -0.139. The summed E-state index contributed by atoms with van der Waals surface area (Å²) < 4.78 is 5.72. The van der Waals surface area contributed by atoms with Gasteiger partial charge in [-0.1, -0.05) is 65.8 Å². The molecule has 1 fully saturated rings. The van der Waals surface area contributed by atoms with Crippen LogP contribution in [0.2, 0.25) is 0 Å². The van der Waals surface area contributed by atoms with E-state index in [9.17, 15) is 14.7 Å². The maximum atomic E-state index is 13.0. The summed E-state index contributed by atoms with van der Waals surface area (Å²) >= 11 is 0. The van der Waals surface area contributed by atoms with Gasteiger partial charge in [0.1, 0.15) is 11.5 Å². The minimum atomic E-state index is -0.647. The van der Waals surface area contributed by atoms with Crippen molar-refractivity contribution < 1.29 is 19.4 Å². The van der Waals surface area contributed by atoms with Gasteiger partial charge < -0.3 is 14.7 Å². The quantitative estimate of drug-likeness (QED) is 0.327. The number of hydrogen-bond donors (Lipinski definition) is 1. The van der Waals surface area contributed by atoms with Gasteiger partial charge in [0.2, 0.25) is 0 Å². The molecule has 1 atom stereocenters. The van der Waals surface area contributed by atoms with Gasteiger partial charge in [-0.2, -0.15) is 0 Å². The van der Waals surface area contributed by atoms with Crippen molar-refractivity contribution in [3.63, 3.8) is 0 Å². The van der Waals surface area contributed by atoms with Gasteiger partial charge in [0.15, 0.2) is 0 Å². The van der Waals surface area contributed by atoms with Crippen molar-refractivity contribution in [2.45, 2.75) is 59.4 Å². The van der Waals surface area contributed by atoms with E-state index in [1.54, 1.807) is 29.2 Å². The van der Waals surface area contributed by atoms with Gasteiger partial charge in [-0.3, -0.25) is 9.59 Å². The average Bonchev–Trinajstić information content (AvgIpc) is 3.02. The first-order valence-corrected chi connectivity index (χ1v) is 11.7. The highest BCUT2D eigenvalue weighted by molar-refractivity contribution is 6.46. The lowest BCUT2D eigenvalue weighted by atomic mass is 9.85. The van der Waals surface area contributed by atoms with Crippen LogP contribution >= 0.6 is 0 Å². The molecular weight excluding hydrogens is 414 g/mol. The summed E-state index contributed by atoms with van der Waals surface area (Å²) in [4.78, 5) is 27.5. The average molecular weight is 450 g/mol. The predicted octanol–water partition coefficient (Wildman–Crippen LogP) is 5.85. The number of amides is 1. The first-order valence-electron chi connectivity index (χ1n) is 11.7. The molecule has 0 aliphatic carbocycles. The molecule has 0 radical (unpaired) electrons. The summed E-state index contributed by atoms with van der Waals surface area (Å²) in [5, 5.41) is 11.2. The van der Waals surface area contributed by atoms with E-state index in [1.165, 1.54) is 0 Å². The summed E-state index contributed by atoms with van der Waals surface area (Å²) in [5.41, 5.74) is 2.58. The minimum Gasteiger partial charge on any atom is -0.507 e. The normalized spacial score (nSPS) is 18.3. The second-order valence-electron chi connectivity index (χ2n) is 10.1. The molecule has 1 saturated heterocycles. The first kappa shape index (κ1) is 24.6. The van der Waals surface area contributed by atoms with Gasteiger partial charge in [0, 0.05) is 12.1 Å². The maximum Gasteiger partial charge on any atom is 0.295 e. The van der Waals surface area contributed by atoms with E-state index in [4.69, 9.17) is 4.74 Å². The molecule has 1 N–H and O–H groups in total. The van der Waals surface area contributed by atoms with Gasteiger partial charge in [0.05, 0.1) is 18.2 Å². The summed E-state index contributed by atoms with van der Waals surface area (Å²) in [5.74, 6) is -0.281. The second kappa shape index (κ2) is 9.82. The molecule has 0 aromatic heterocycles. The van der Waals surface area contributed by atoms with Crippen LogP contribution in [-0.2, 0) is 15.0 Å². The topological polar surface area (TPSA) is 66.8 Å². The number of aliphatic hydroxyl groups is 1. The molecule has 176 valence electrons. The molecule has 5 heteroatoms. The Morgan fingerprint density at radius 3 is 2.15 bits per heavy atom. The molecule has 0 spiro atoms. The number of ketones is 1. The monoisotopic (exact) mass is 449 g/mol. The Labute approximate surface area is 197 Å². The fourth-order valence-electron chi connectivity index (χ4n) is 3.99. The highest BCUT2D eigenvalue weighted by atomic mass is 16.5. The SMILES string of the molecule is CCCN1C(=O)C(=O)/C(=C(\O)c2ccc(OCC(C)C)cc2)C1c1ccc(C(C)(C)C)cc1. The van der Waals surface area contributed by atoms with Crippen molar-refractivity contribution in [1.29, 1.82) is 0 Å². The largest absolute Gasteiger partial charge is 0.507 e. The number of hydrogen-bond acceptors (Lipinski definition) is 4. The lowest BCUT2D eigenvalue weighted by Gasteiger charge is -2.26. The Kier molecular flexibility index (Phi) is 7.31. The Balaban J connectivity index is 2.04. The van der Waals surface area contributed by atoms with Crippen molar-refractivity contribution >= 4 is 17.4 Å². The van der Waals surface area contributed by atoms with Gasteiger partial charge in [-0.05, 0) is 53.1 Å². The molecule has 0 bridgehead atoms. The van der Waals surface area contributed by atoms with E-state index in [0.29, 0.717) is 36.8 Å². The molecule has 1 amide bonds. The Bertz CT molecular complexity index is 1030. The number of aliphatic hydroxyl groups excluding tert-OH is 1. The zero-order valence-corrected chi connectivity index (χ0v) is 20.5. The van der Waals surface area contributed by atoms with E-state index in [-0.39, 0.29) is 16.7 Å². The molecule has 1 unspecified atom stereocenters. The zero-order chi connectivity index (χ0) is 24.3. The molecule has 3 rings (SSSR count). The van der Waals surface area contributed by atoms with Crippen LogP contribution in [0.5, 0.6) is 5.75 Å². The zero-order valence-electron chi connectivity index (χ0n) is 20.5. The molecule has 5 nitrogen and oxygen atoms in total. The molecule has 2 aromatic rings. The third-order valence-electron chi connectivity index (χ3n) is 5.81. The Morgan fingerprint density at radius 1 is 1.03 bits per heavy atom. The Hall–Kier alpha value is -3.08. The fourth-order valence-corrected chi connectivity index (χ4v) is 3.99. The van der Waals surface area contributed by atoms with Crippen LogP contribution < -0.4 is 4.74 Å². The standard InChI is InChI=1S/C28H35NO4/c1-7-16-29-24(19-8-12-21(13-9-19)28(4,5)6)23(26(31)27(29)32)25(30)20-10-14-22(15-11-20)33-17-18(2)3/h8-15,18,24,30H,7,16-17H2,1-6H3/b25-23-. The number of nitrogens with zero attached hydrogens (tertiary/aromatic N) is 1. The van der Waals surface area contributed by atoms with Crippen LogP contribution in [0.25, 0.3) is 5.76 Å². The van der Waals surface area contributed by atoms with Crippen LogP contribution in [0.1, 0.15) is 70.7 Å². The van der Waals surface area contributed by atoms with Crippen molar-refractivity contribution in [3.8, 4) is 5.75 Å². The number of carbonyl (C=O) groups excluding carboxylic acids is 2. The highest BCUT2D eigenvalue weighted by Gasteiger charge is 2.45. The van der Waals surface area contributed by atoms with Crippen molar-refractivity contribution in [2.75, 3.05) is 13.2 Å². The van der Waals surface area contributed by atoms with E-state index in [0.717, 1.165) is 11.1 Å². The van der Waals surface area contributed by atoms with Crippen LogP contribution in [0.4, 0.5) is 0 Å². The lowest BCUT2D eigenvalue weighted by Crippen LogP contribution is -2.30. The first-order chi connectivity index (χ1) is 15.5. The van der Waals surface area contributed by atoms with Crippen molar-refractivity contribution in [2.24, 2.45) is 5.92 Å². The predicted molar refractivity (Wildman–Crippen MR) is 131 cm³/mol. The maximum absolute atomic E-state index is 13.0. The summed E-state index contributed by atoms with van der Waals surface area (Å²) in [7, 11) is 0. The molecule has 1 aliphatic heterocycles. The summed E-state index contributed by atoms with van der Waals surface area (Å²) in [6.07, 6.45) is 0.714. The molecule has 2 aromatic carbocycles. The van der Waals surface area contributed by atoms with E-state index in [2.05, 4.69) is 34.6 Å². The van der Waals surface area contributed by atoms with Gasteiger partial charge >= 0.3 is 0 Å². The number of likely N-dealkylation sites (tertiary alicyclic amines) is 1. The number of Topliss-reactive ketones (excluding diaryl/α,β-unsaturated/α-hetero) is 1. The Morgan fingerprint density at radius 2 is 1.64 bits per heavy atom. The van der Waals surface area contributed by atoms with Crippen LogP contribution in [-0.4, -0.2) is 34.8 Å². The number of ether oxygens (including phenoxy) is 1. The number of carbonyl (C=O) groups is 2. The highest BCUT2D eigenvalue weighted by Crippen LogP contribution is 2.40. The third-order valence-corrected chi connectivity index (χ3v) is 5.81. The van der Waals surface area contributed by atoms with Crippen molar-refractivity contribution in [1.82, 2.24) is 4.90 Å². The fraction of sp³-hybridized carbons (Fsp3) is 0.429. The van der Waals surface area contributed by atoms with Gasteiger partial charge in [-0.25, -0.2) is 0 Å². The summed E-state index contributed by atoms with van der Waals surface area (Å²) in [6, 6.07) is 14.3. The molecule has 0 saturated carbocycles. The van der Waals surface area contributed by atoms with Crippen LogP contribution in [0.15, 0.2) is 54.1 Å². The smallest absolute Gasteiger partial charge is 0.295 e. The van der Waals surface area contributed by atoms with E-state index >= 15 is 0 Å². The van der Waals surface area contributed by atoms with E-state index in [1.807, 2.05) is 31.2 Å². The van der Waals surface area contributed by atoms with Crippen LogP contribution in [0.3, 0.4) is 0 Å². The number of benzene rings is 2. The molecular formula is C28H35NO4. The van der Waals surface area contributed by atoms with Crippen LogP contribution in [0, 0.1) is 5.92 Å². The summed E-state index contributed by atoms with van der Waals surface area (Å²) in [6.45, 7) is 13.6. The van der Waals surface area contributed by atoms with E-state index < -0.39 is 17.7 Å². The molecule has 33 heavy (non-hydrogen) atoms.